The van der Waals surface area contributed by atoms with Gasteiger partial charge in [0, 0.05) is 0 Å². The van der Waals surface area contributed by atoms with Gasteiger partial charge in [0.15, 0.2) is 0 Å². The molecule has 0 aromatic heterocycles. The molecule has 1 aromatic carbocycles. The van der Waals surface area contributed by atoms with Crippen LogP contribution >= 0.6 is 0 Å². The summed E-state index contributed by atoms with van der Waals surface area (Å²) in [6, 6.07) is 4.79. The molecular formula is C11H12N2O3. The predicted octanol–water partition coefficient (Wildman–Crippen LogP) is 0.130. The average molecular weight is 220 g/mol. The van der Waals surface area contributed by atoms with Crippen molar-refractivity contribution in [1.82, 2.24) is 0 Å². The molecule has 2 amide bonds. The highest BCUT2D eigenvalue weighted by Crippen LogP contribution is 2.38. The number of epoxide rings is 1. The molecule has 1 saturated heterocycles. The zero-order chi connectivity index (χ0) is 11.9. The number of carbonyl (C=O) groups is 2. The molecule has 0 radical (unpaired) electrons. The van der Waals surface area contributed by atoms with Gasteiger partial charge in [0.2, 0.25) is 11.8 Å². The highest BCUT2D eigenvalue weighted by molar-refractivity contribution is 6.06. The third-order valence-electron chi connectivity index (χ3n) is 2.74. The van der Waals surface area contributed by atoms with E-state index < -0.39 is 11.8 Å². The fourth-order valence-electron chi connectivity index (χ4n) is 1.57. The van der Waals surface area contributed by atoms with Crippen LogP contribution in [0.25, 0.3) is 0 Å². The van der Waals surface area contributed by atoms with E-state index in [2.05, 4.69) is 0 Å². The summed E-state index contributed by atoms with van der Waals surface area (Å²) in [7, 11) is 0. The maximum Gasteiger partial charge on any atom is 0.249 e. The summed E-state index contributed by atoms with van der Waals surface area (Å²) in [5.74, 6) is -1.33. The Balaban J connectivity index is 2.52. The zero-order valence-electron chi connectivity index (χ0n) is 8.82. The molecule has 84 valence electrons. The summed E-state index contributed by atoms with van der Waals surface area (Å²) in [5, 5.41) is 0. The van der Waals surface area contributed by atoms with Gasteiger partial charge in [0.1, 0.15) is 5.60 Å². The smallest absolute Gasteiger partial charge is 0.249 e. The summed E-state index contributed by atoms with van der Waals surface area (Å²) in [5.41, 5.74) is 11.1. The number of rotatable bonds is 3. The van der Waals surface area contributed by atoms with E-state index in [9.17, 15) is 9.59 Å². The van der Waals surface area contributed by atoms with Crippen LogP contribution in [0, 0.1) is 0 Å². The second-order valence-corrected chi connectivity index (χ2v) is 4.01. The molecule has 16 heavy (non-hydrogen) atoms. The Hall–Kier alpha value is -1.88. The van der Waals surface area contributed by atoms with Gasteiger partial charge in [-0.3, -0.25) is 9.59 Å². The van der Waals surface area contributed by atoms with E-state index in [0.717, 1.165) is 5.56 Å². The molecule has 0 spiro atoms. The Morgan fingerprint density at radius 3 is 2.25 bits per heavy atom. The largest absolute Gasteiger partial charge is 0.366 e. The Bertz CT molecular complexity index is 478. The van der Waals surface area contributed by atoms with E-state index in [1.807, 2.05) is 6.92 Å². The fraction of sp³-hybridized carbons (Fsp3) is 0.273. The lowest BCUT2D eigenvalue weighted by molar-refractivity contribution is 0.0967. The number of hydrogen-bond donors (Lipinski definition) is 2. The molecule has 1 atom stereocenters. The normalized spacial score (nSPS) is 22.8. The van der Waals surface area contributed by atoms with Gasteiger partial charge >= 0.3 is 0 Å². The molecule has 4 N–H and O–H groups in total. The third kappa shape index (κ3) is 1.65. The molecule has 1 fully saturated rings. The Morgan fingerprint density at radius 1 is 1.25 bits per heavy atom. The van der Waals surface area contributed by atoms with Crippen molar-refractivity contribution in [3.05, 3.63) is 34.9 Å². The van der Waals surface area contributed by atoms with Gasteiger partial charge in [-0.1, -0.05) is 6.07 Å². The van der Waals surface area contributed by atoms with Crippen LogP contribution in [0.2, 0.25) is 0 Å². The first-order chi connectivity index (χ1) is 7.44. The first kappa shape index (κ1) is 10.6. The van der Waals surface area contributed by atoms with Crippen LogP contribution in [0.3, 0.4) is 0 Å². The van der Waals surface area contributed by atoms with Gasteiger partial charge in [-0.05, 0) is 24.6 Å². The summed E-state index contributed by atoms with van der Waals surface area (Å²) >= 11 is 0. The summed E-state index contributed by atoms with van der Waals surface area (Å²) in [6.07, 6.45) is 0. The Morgan fingerprint density at radius 2 is 1.81 bits per heavy atom. The molecule has 0 saturated carbocycles. The second-order valence-electron chi connectivity index (χ2n) is 4.01. The molecule has 0 bridgehead atoms. The molecule has 5 heteroatoms. The molecule has 2 rings (SSSR count). The molecule has 1 heterocycles. The minimum atomic E-state index is -0.667. The Kier molecular flexibility index (Phi) is 2.20. The molecular weight excluding hydrogens is 208 g/mol. The molecule has 1 aliphatic rings. The first-order valence-electron chi connectivity index (χ1n) is 4.82. The lowest BCUT2D eigenvalue weighted by atomic mass is 9.96. The van der Waals surface area contributed by atoms with Crippen LogP contribution in [0.15, 0.2) is 18.2 Å². The highest BCUT2D eigenvalue weighted by Gasteiger charge is 2.41. The number of nitrogens with two attached hydrogens (primary N) is 2. The van der Waals surface area contributed by atoms with Crippen molar-refractivity contribution in [3.63, 3.8) is 0 Å². The van der Waals surface area contributed by atoms with Crippen molar-refractivity contribution in [2.75, 3.05) is 6.61 Å². The molecule has 1 unspecified atom stereocenters. The maximum absolute atomic E-state index is 11.2. The van der Waals surface area contributed by atoms with Crippen molar-refractivity contribution in [1.29, 1.82) is 0 Å². The van der Waals surface area contributed by atoms with E-state index in [4.69, 9.17) is 16.2 Å². The van der Waals surface area contributed by atoms with Gasteiger partial charge < -0.3 is 16.2 Å². The van der Waals surface area contributed by atoms with Gasteiger partial charge in [0.05, 0.1) is 17.7 Å². The van der Waals surface area contributed by atoms with Crippen LogP contribution < -0.4 is 11.5 Å². The SMILES string of the molecule is CC1(c2ccc(C(N)=O)c(C(N)=O)c2)CO1. The summed E-state index contributed by atoms with van der Waals surface area (Å²) < 4.78 is 5.25. The van der Waals surface area contributed by atoms with Gasteiger partial charge in [0.25, 0.3) is 0 Å². The number of amides is 2. The predicted molar refractivity (Wildman–Crippen MR) is 56.8 cm³/mol. The molecule has 1 aliphatic heterocycles. The van der Waals surface area contributed by atoms with Gasteiger partial charge in [-0.2, -0.15) is 0 Å². The number of ether oxygens (including phenoxy) is 1. The van der Waals surface area contributed by atoms with Crippen molar-refractivity contribution in [3.8, 4) is 0 Å². The number of hydrogen-bond acceptors (Lipinski definition) is 3. The molecule has 0 aliphatic carbocycles. The van der Waals surface area contributed by atoms with Crippen molar-refractivity contribution in [2.24, 2.45) is 11.5 Å². The lowest BCUT2D eigenvalue weighted by Gasteiger charge is -2.09. The van der Waals surface area contributed by atoms with E-state index in [0.29, 0.717) is 6.61 Å². The third-order valence-corrected chi connectivity index (χ3v) is 2.74. The molecule has 5 nitrogen and oxygen atoms in total. The zero-order valence-corrected chi connectivity index (χ0v) is 8.82. The topological polar surface area (TPSA) is 98.7 Å². The summed E-state index contributed by atoms with van der Waals surface area (Å²) in [4.78, 5) is 22.3. The molecule has 1 aromatic rings. The van der Waals surface area contributed by atoms with E-state index in [-0.39, 0.29) is 16.7 Å². The second kappa shape index (κ2) is 3.31. The van der Waals surface area contributed by atoms with Crippen molar-refractivity contribution >= 4 is 11.8 Å². The minimum Gasteiger partial charge on any atom is -0.366 e. The summed E-state index contributed by atoms with van der Waals surface area (Å²) in [6.45, 7) is 2.50. The number of primary amides is 2. The first-order valence-corrected chi connectivity index (χ1v) is 4.82. The van der Waals surface area contributed by atoms with E-state index >= 15 is 0 Å². The maximum atomic E-state index is 11.2. The minimum absolute atomic E-state index is 0.139. The van der Waals surface area contributed by atoms with Gasteiger partial charge in [-0.15, -0.1) is 0 Å². The monoisotopic (exact) mass is 220 g/mol. The van der Waals surface area contributed by atoms with Crippen LogP contribution in [0.5, 0.6) is 0 Å². The fourth-order valence-corrected chi connectivity index (χ4v) is 1.57. The van der Waals surface area contributed by atoms with Crippen LogP contribution in [-0.2, 0) is 10.3 Å². The van der Waals surface area contributed by atoms with Crippen molar-refractivity contribution < 1.29 is 14.3 Å². The van der Waals surface area contributed by atoms with Crippen LogP contribution in [-0.4, -0.2) is 18.4 Å². The van der Waals surface area contributed by atoms with Gasteiger partial charge in [-0.25, -0.2) is 0 Å². The number of benzene rings is 1. The van der Waals surface area contributed by atoms with E-state index in [1.54, 1.807) is 12.1 Å². The Labute approximate surface area is 92.4 Å². The number of carbonyl (C=O) groups excluding carboxylic acids is 2. The quantitative estimate of drug-likeness (QED) is 0.708. The van der Waals surface area contributed by atoms with E-state index in [1.165, 1.54) is 6.07 Å². The van der Waals surface area contributed by atoms with Crippen molar-refractivity contribution in [2.45, 2.75) is 12.5 Å². The van der Waals surface area contributed by atoms with Crippen LogP contribution in [0.4, 0.5) is 0 Å². The lowest BCUT2D eigenvalue weighted by Crippen LogP contribution is -2.21. The van der Waals surface area contributed by atoms with Crippen LogP contribution in [0.1, 0.15) is 33.2 Å². The average Bonchev–Trinajstić information content (AvgIpc) is 2.96. The highest BCUT2D eigenvalue weighted by atomic mass is 16.6. The standard InChI is InChI=1S/C11H12N2O3/c1-11(5-16-11)6-2-3-7(9(12)14)8(4-6)10(13)15/h2-4H,5H2,1H3,(H2,12,14)(H2,13,15).